The van der Waals surface area contributed by atoms with Gasteiger partial charge in [0.15, 0.2) is 0 Å². The molecule has 3 rings (SSSR count). The number of hydrogen-bond donors (Lipinski definition) is 3. The molecule has 3 aromatic rings. The van der Waals surface area contributed by atoms with E-state index in [0.717, 1.165) is 17.7 Å². The van der Waals surface area contributed by atoms with Crippen molar-refractivity contribution in [1.82, 2.24) is 0 Å². The Balaban J connectivity index is 1.63. The lowest BCUT2D eigenvalue weighted by Crippen LogP contribution is -2.15. The molecule has 0 radical (unpaired) electrons. The van der Waals surface area contributed by atoms with E-state index in [1.807, 2.05) is 6.92 Å². The smallest absolute Gasteiger partial charge is 0.261 e. The van der Waals surface area contributed by atoms with Gasteiger partial charge in [0.05, 0.1) is 17.0 Å². The number of phenolic OH excluding ortho intramolecular Hbond substituents is 1. The molecule has 0 aliphatic rings. The number of halogens is 1. The number of hydrogen-bond acceptors (Lipinski definition) is 4. The summed E-state index contributed by atoms with van der Waals surface area (Å²) in [4.78, 5) is 12.1. The zero-order valence-electron chi connectivity index (χ0n) is 15.5. The third-order valence-corrected chi connectivity index (χ3v) is 5.52. The monoisotopic (exact) mass is 414 g/mol. The summed E-state index contributed by atoms with van der Waals surface area (Å²) in [6, 6.07) is 15.8. The number of benzene rings is 3. The molecule has 8 heteroatoms. The average Bonchev–Trinajstić information content (AvgIpc) is 2.66. The summed E-state index contributed by atoms with van der Waals surface area (Å²) in [6.07, 6.45) is 0.0539. The van der Waals surface area contributed by atoms with Gasteiger partial charge in [0, 0.05) is 5.69 Å². The Morgan fingerprint density at radius 1 is 1.00 bits per heavy atom. The predicted octanol–water partition coefficient (Wildman–Crippen LogP) is 3.82. The SMILES string of the molecule is Cc1ccc(NC(=O)Cc2ccc(NS(=O)(=O)c3ccc(F)cc3)cc2)c(O)c1. The molecule has 0 aromatic heterocycles. The Morgan fingerprint density at radius 3 is 2.28 bits per heavy atom. The van der Waals surface area contributed by atoms with Crippen LogP contribution < -0.4 is 10.0 Å². The molecule has 0 fully saturated rings. The number of aromatic hydroxyl groups is 1. The largest absolute Gasteiger partial charge is 0.506 e. The average molecular weight is 414 g/mol. The molecule has 150 valence electrons. The summed E-state index contributed by atoms with van der Waals surface area (Å²) in [7, 11) is -3.84. The number of nitrogens with one attached hydrogen (secondary N) is 2. The number of anilines is 2. The molecule has 0 atom stereocenters. The standard InChI is InChI=1S/C21H19FN2O4S/c1-14-2-11-19(20(25)12-14)23-21(26)13-15-3-7-17(8-4-15)24-29(27,28)18-9-5-16(22)6-10-18/h2-12,24-25H,13H2,1H3,(H,23,26). The quantitative estimate of drug-likeness (QED) is 0.535. The molecule has 3 aromatic carbocycles. The third kappa shape index (κ3) is 5.32. The maximum absolute atomic E-state index is 13.0. The van der Waals surface area contributed by atoms with Crippen molar-refractivity contribution in [3.05, 3.63) is 83.7 Å². The van der Waals surface area contributed by atoms with Gasteiger partial charge in [0.2, 0.25) is 5.91 Å². The van der Waals surface area contributed by atoms with Crippen LogP contribution in [0.2, 0.25) is 0 Å². The molecule has 29 heavy (non-hydrogen) atoms. The predicted molar refractivity (Wildman–Crippen MR) is 109 cm³/mol. The van der Waals surface area contributed by atoms with E-state index in [4.69, 9.17) is 0 Å². The lowest BCUT2D eigenvalue weighted by Gasteiger charge is -2.10. The van der Waals surface area contributed by atoms with Crippen LogP contribution in [0, 0.1) is 12.7 Å². The number of rotatable bonds is 6. The fourth-order valence-corrected chi connectivity index (χ4v) is 3.70. The minimum Gasteiger partial charge on any atom is -0.506 e. The molecule has 0 unspecified atom stereocenters. The Kier molecular flexibility index (Phi) is 5.84. The van der Waals surface area contributed by atoms with Gasteiger partial charge in [-0.2, -0.15) is 0 Å². The van der Waals surface area contributed by atoms with Crippen LogP contribution in [0.5, 0.6) is 5.75 Å². The second kappa shape index (κ2) is 8.32. The normalized spacial score (nSPS) is 11.1. The maximum Gasteiger partial charge on any atom is 0.261 e. The van der Waals surface area contributed by atoms with Crippen molar-refractivity contribution >= 4 is 27.3 Å². The minimum atomic E-state index is -3.84. The highest BCUT2D eigenvalue weighted by Crippen LogP contribution is 2.24. The topological polar surface area (TPSA) is 95.5 Å². The van der Waals surface area contributed by atoms with Gasteiger partial charge < -0.3 is 10.4 Å². The fraction of sp³-hybridized carbons (Fsp3) is 0.0952. The second-order valence-electron chi connectivity index (χ2n) is 6.50. The molecule has 0 aliphatic heterocycles. The maximum atomic E-state index is 13.0. The first kappa shape index (κ1) is 20.3. The number of amides is 1. The third-order valence-electron chi connectivity index (χ3n) is 4.12. The number of phenols is 1. The van der Waals surface area contributed by atoms with Crippen LogP contribution in [-0.4, -0.2) is 19.4 Å². The van der Waals surface area contributed by atoms with Crippen molar-refractivity contribution in [2.24, 2.45) is 0 Å². The van der Waals surface area contributed by atoms with Crippen molar-refractivity contribution in [2.75, 3.05) is 10.0 Å². The molecule has 6 nitrogen and oxygen atoms in total. The zero-order valence-corrected chi connectivity index (χ0v) is 16.3. The lowest BCUT2D eigenvalue weighted by atomic mass is 10.1. The highest BCUT2D eigenvalue weighted by Gasteiger charge is 2.14. The number of aryl methyl sites for hydroxylation is 1. The molecular weight excluding hydrogens is 395 g/mol. The first-order valence-electron chi connectivity index (χ1n) is 8.70. The van der Waals surface area contributed by atoms with Crippen LogP contribution in [0.3, 0.4) is 0 Å². The Hall–Kier alpha value is -3.39. The summed E-state index contributed by atoms with van der Waals surface area (Å²) in [5.74, 6) is -0.849. The van der Waals surface area contributed by atoms with E-state index in [1.54, 1.807) is 30.3 Å². The first-order valence-corrected chi connectivity index (χ1v) is 10.2. The van der Waals surface area contributed by atoms with Crippen molar-refractivity contribution < 1.29 is 22.7 Å². The van der Waals surface area contributed by atoms with Gasteiger partial charge in [-0.1, -0.05) is 18.2 Å². The molecule has 0 aliphatic carbocycles. The molecule has 0 bridgehead atoms. The van der Waals surface area contributed by atoms with Gasteiger partial charge in [-0.15, -0.1) is 0 Å². The zero-order chi connectivity index (χ0) is 21.0. The molecule has 0 heterocycles. The molecule has 0 spiro atoms. The van der Waals surface area contributed by atoms with Crippen LogP contribution >= 0.6 is 0 Å². The van der Waals surface area contributed by atoms with Gasteiger partial charge in [0.1, 0.15) is 11.6 Å². The minimum absolute atomic E-state index is 0.0103. The van der Waals surface area contributed by atoms with E-state index in [2.05, 4.69) is 10.0 Å². The van der Waals surface area contributed by atoms with Crippen molar-refractivity contribution in [3.8, 4) is 5.75 Å². The highest BCUT2D eigenvalue weighted by atomic mass is 32.2. The lowest BCUT2D eigenvalue weighted by molar-refractivity contribution is -0.115. The Morgan fingerprint density at radius 2 is 1.66 bits per heavy atom. The van der Waals surface area contributed by atoms with Gasteiger partial charge in [-0.25, -0.2) is 12.8 Å². The van der Waals surface area contributed by atoms with Crippen LogP contribution in [-0.2, 0) is 21.2 Å². The Labute approximate surface area is 168 Å². The summed E-state index contributed by atoms with van der Waals surface area (Å²) >= 11 is 0. The van der Waals surface area contributed by atoms with E-state index < -0.39 is 15.8 Å². The molecule has 0 saturated carbocycles. The highest BCUT2D eigenvalue weighted by molar-refractivity contribution is 7.92. The van der Waals surface area contributed by atoms with Gasteiger partial charge in [-0.05, 0) is 66.6 Å². The second-order valence-corrected chi connectivity index (χ2v) is 8.18. The number of carbonyl (C=O) groups excluding carboxylic acids is 1. The van der Waals surface area contributed by atoms with E-state index in [9.17, 15) is 22.7 Å². The summed E-state index contributed by atoms with van der Waals surface area (Å²) in [6.45, 7) is 1.83. The number of sulfonamides is 1. The van der Waals surface area contributed by atoms with Crippen LogP contribution in [0.25, 0.3) is 0 Å². The Bertz CT molecular complexity index is 1130. The summed E-state index contributed by atoms with van der Waals surface area (Å²) in [5.41, 5.74) is 2.18. The van der Waals surface area contributed by atoms with Gasteiger partial charge in [0.25, 0.3) is 10.0 Å². The van der Waals surface area contributed by atoms with E-state index in [0.29, 0.717) is 16.9 Å². The molecular formula is C21H19FN2O4S. The molecule has 1 amide bonds. The van der Waals surface area contributed by atoms with Crippen LogP contribution in [0.15, 0.2) is 71.6 Å². The van der Waals surface area contributed by atoms with Crippen LogP contribution in [0.4, 0.5) is 15.8 Å². The van der Waals surface area contributed by atoms with Crippen molar-refractivity contribution in [1.29, 1.82) is 0 Å². The van der Waals surface area contributed by atoms with Crippen molar-refractivity contribution in [2.45, 2.75) is 18.2 Å². The van der Waals surface area contributed by atoms with Crippen LogP contribution in [0.1, 0.15) is 11.1 Å². The summed E-state index contributed by atoms with van der Waals surface area (Å²) < 4.78 is 40.0. The van der Waals surface area contributed by atoms with E-state index in [1.165, 1.54) is 24.3 Å². The van der Waals surface area contributed by atoms with Crippen molar-refractivity contribution in [3.63, 3.8) is 0 Å². The van der Waals surface area contributed by atoms with E-state index >= 15 is 0 Å². The first-order chi connectivity index (χ1) is 13.7. The number of carbonyl (C=O) groups is 1. The molecule has 0 saturated heterocycles. The molecule has 3 N–H and O–H groups in total. The van der Waals surface area contributed by atoms with Gasteiger partial charge in [-0.3, -0.25) is 9.52 Å². The van der Waals surface area contributed by atoms with E-state index in [-0.39, 0.29) is 23.0 Å². The fourth-order valence-electron chi connectivity index (χ4n) is 2.65. The van der Waals surface area contributed by atoms with Gasteiger partial charge >= 0.3 is 0 Å². The summed E-state index contributed by atoms with van der Waals surface area (Å²) in [5, 5.41) is 12.5.